The number of carbonyl (C=O) groups excluding carboxylic acids is 2. The second-order valence-corrected chi connectivity index (χ2v) is 8.75. The lowest BCUT2D eigenvalue weighted by Crippen LogP contribution is -2.47. The van der Waals surface area contributed by atoms with Crippen LogP contribution in [0.4, 0.5) is 11.5 Å². The average molecular weight is 494 g/mol. The summed E-state index contributed by atoms with van der Waals surface area (Å²) in [6.07, 6.45) is 4.99. The highest BCUT2D eigenvalue weighted by molar-refractivity contribution is 6.37. The fraction of sp³-hybridized carbons (Fsp3) is 0.308. The molecule has 4 rings (SSSR count). The molecule has 1 aromatic heterocycles. The maximum atomic E-state index is 13.0. The topological polar surface area (TPSA) is 87.7 Å². The van der Waals surface area contributed by atoms with Gasteiger partial charge in [0.15, 0.2) is 5.78 Å². The van der Waals surface area contributed by atoms with Crippen LogP contribution in [0.25, 0.3) is 0 Å². The minimum absolute atomic E-state index is 0.00362. The number of ether oxygens (including phenoxy) is 1. The number of hydrogen-bond donors (Lipinski definition) is 1. The highest BCUT2D eigenvalue weighted by Crippen LogP contribution is 2.28. The molecule has 182 valence electrons. The summed E-state index contributed by atoms with van der Waals surface area (Å²) in [5.41, 5.74) is 1.44. The summed E-state index contributed by atoms with van der Waals surface area (Å²) in [6.45, 7) is 1.45. The number of piperidine rings is 1. The van der Waals surface area contributed by atoms with E-state index in [1.54, 1.807) is 62.1 Å². The first-order valence-corrected chi connectivity index (χ1v) is 11.8. The van der Waals surface area contributed by atoms with Crippen LogP contribution >= 0.6 is 11.6 Å². The number of nitrogens with zero attached hydrogens (tertiary/aromatic N) is 4. The molecule has 0 bridgehead atoms. The van der Waals surface area contributed by atoms with Gasteiger partial charge in [-0.15, -0.1) is 0 Å². The van der Waals surface area contributed by atoms with Crippen molar-refractivity contribution in [1.82, 2.24) is 14.9 Å². The zero-order valence-corrected chi connectivity index (χ0v) is 20.5. The molecule has 1 aliphatic rings. The Balaban J connectivity index is 1.33. The summed E-state index contributed by atoms with van der Waals surface area (Å²) >= 11 is 6.54. The SMILES string of the molecule is COc1ccc(C(=O)c2cccc(NCC(=O)N3CCC(N(C)c4ccncn4)CC3)c2Cl)cc1. The number of hydrogen-bond acceptors (Lipinski definition) is 7. The van der Waals surface area contributed by atoms with Crippen LogP contribution in [-0.2, 0) is 4.79 Å². The molecular formula is C26H28ClN5O3. The second kappa shape index (κ2) is 11.2. The molecule has 0 atom stereocenters. The summed E-state index contributed by atoms with van der Waals surface area (Å²) in [5.74, 6) is 1.36. The molecule has 1 saturated heterocycles. The van der Waals surface area contributed by atoms with Crippen LogP contribution in [-0.4, -0.2) is 66.4 Å². The van der Waals surface area contributed by atoms with Gasteiger partial charge in [-0.3, -0.25) is 9.59 Å². The van der Waals surface area contributed by atoms with Crippen molar-refractivity contribution in [3.63, 3.8) is 0 Å². The summed E-state index contributed by atoms with van der Waals surface area (Å²) in [7, 11) is 3.60. The Morgan fingerprint density at radius 2 is 1.89 bits per heavy atom. The van der Waals surface area contributed by atoms with Crippen molar-refractivity contribution in [1.29, 1.82) is 0 Å². The van der Waals surface area contributed by atoms with E-state index in [0.717, 1.165) is 18.7 Å². The van der Waals surface area contributed by atoms with Crippen LogP contribution in [0.15, 0.2) is 61.1 Å². The summed E-state index contributed by atoms with van der Waals surface area (Å²) in [6, 6.07) is 14.3. The van der Waals surface area contributed by atoms with Crippen molar-refractivity contribution < 1.29 is 14.3 Å². The Bertz CT molecular complexity index is 1170. The minimum atomic E-state index is -0.192. The molecule has 1 amide bonds. The number of nitrogens with one attached hydrogen (secondary N) is 1. The van der Waals surface area contributed by atoms with Gasteiger partial charge in [0.2, 0.25) is 5.91 Å². The van der Waals surface area contributed by atoms with Crippen LogP contribution in [0.2, 0.25) is 5.02 Å². The lowest BCUT2D eigenvalue weighted by atomic mass is 10.0. The fourth-order valence-electron chi connectivity index (χ4n) is 4.21. The molecule has 0 spiro atoms. The van der Waals surface area contributed by atoms with Gasteiger partial charge in [0.1, 0.15) is 17.9 Å². The van der Waals surface area contributed by atoms with E-state index in [9.17, 15) is 9.59 Å². The van der Waals surface area contributed by atoms with Gasteiger partial charge in [0, 0.05) is 43.5 Å². The van der Waals surface area contributed by atoms with E-state index in [0.29, 0.717) is 46.7 Å². The minimum Gasteiger partial charge on any atom is -0.497 e. The maximum Gasteiger partial charge on any atom is 0.241 e. The van der Waals surface area contributed by atoms with Crippen LogP contribution < -0.4 is 15.0 Å². The molecular weight excluding hydrogens is 466 g/mol. The van der Waals surface area contributed by atoms with Crippen LogP contribution in [0.3, 0.4) is 0 Å². The molecule has 0 radical (unpaired) electrons. The molecule has 9 heteroatoms. The first-order valence-electron chi connectivity index (χ1n) is 11.5. The highest BCUT2D eigenvalue weighted by Gasteiger charge is 2.26. The number of methoxy groups -OCH3 is 1. The Morgan fingerprint density at radius 3 is 2.54 bits per heavy atom. The van der Waals surface area contributed by atoms with Crippen LogP contribution in [0, 0.1) is 0 Å². The molecule has 35 heavy (non-hydrogen) atoms. The van der Waals surface area contributed by atoms with Crippen molar-refractivity contribution in [2.45, 2.75) is 18.9 Å². The number of amides is 1. The van der Waals surface area contributed by atoms with E-state index < -0.39 is 0 Å². The lowest BCUT2D eigenvalue weighted by Gasteiger charge is -2.37. The standard InChI is InChI=1S/C26H28ClN5O3/c1-31(23-10-13-28-17-30-23)19-11-14-32(15-12-19)24(33)16-29-22-5-3-4-21(25(22)27)26(34)18-6-8-20(35-2)9-7-18/h3-10,13,17,19,29H,11-12,14-16H2,1-2H3. The van der Waals surface area contributed by atoms with Crippen LogP contribution in [0.1, 0.15) is 28.8 Å². The Morgan fingerprint density at radius 1 is 1.14 bits per heavy atom. The zero-order chi connectivity index (χ0) is 24.8. The third-order valence-electron chi connectivity index (χ3n) is 6.32. The van der Waals surface area contributed by atoms with Crippen LogP contribution in [0.5, 0.6) is 5.75 Å². The number of halogens is 1. The van der Waals surface area contributed by atoms with Crippen molar-refractivity contribution in [3.8, 4) is 5.75 Å². The van der Waals surface area contributed by atoms with E-state index in [-0.39, 0.29) is 18.2 Å². The number of rotatable bonds is 8. The summed E-state index contributed by atoms with van der Waals surface area (Å²) < 4.78 is 5.15. The third kappa shape index (κ3) is 5.71. The van der Waals surface area contributed by atoms with Gasteiger partial charge in [-0.2, -0.15) is 0 Å². The highest BCUT2D eigenvalue weighted by atomic mass is 35.5. The van der Waals surface area contributed by atoms with E-state index in [2.05, 4.69) is 20.2 Å². The molecule has 3 aromatic rings. The van der Waals surface area contributed by atoms with Gasteiger partial charge in [0.05, 0.1) is 24.4 Å². The van der Waals surface area contributed by atoms with Gasteiger partial charge >= 0.3 is 0 Å². The lowest BCUT2D eigenvalue weighted by molar-refractivity contribution is -0.130. The van der Waals surface area contributed by atoms with E-state index in [1.165, 1.54) is 0 Å². The number of likely N-dealkylation sites (tertiary alicyclic amines) is 1. The van der Waals surface area contributed by atoms with Crippen molar-refractivity contribution in [2.75, 3.05) is 44.0 Å². The number of ketones is 1. The smallest absolute Gasteiger partial charge is 0.241 e. The second-order valence-electron chi connectivity index (χ2n) is 8.37. The monoisotopic (exact) mass is 493 g/mol. The van der Waals surface area contributed by atoms with Gasteiger partial charge in [-0.25, -0.2) is 9.97 Å². The number of anilines is 2. The third-order valence-corrected chi connectivity index (χ3v) is 6.73. The molecule has 1 fully saturated rings. The molecule has 1 N–H and O–H groups in total. The van der Waals surface area contributed by atoms with Crippen molar-refractivity contribution in [3.05, 3.63) is 77.2 Å². The molecule has 0 unspecified atom stereocenters. The average Bonchev–Trinajstić information content (AvgIpc) is 2.92. The first-order chi connectivity index (χ1) is 17.0. The van der Waals surface area contributed by atoms with Gasteiger partial charge in [-0.05, 0) is 55.3 Å². The van der Waals surface area contributed by atoms with Crippen molar-refractivity contribution in [2.24, 2.45) is 0 Å². The molecule has 1 aliphatic heterocycles. The predicted molar refractivity (Wildman–Crippen MR) is 136 cm³/mol. The summed E-state index contributed by atoms with van der Waals surface area (Å²) in [5, 5.41) is 3.41. The fourth-order valence-corrected chi connectivity index (χ4v) is 4.48. The van der Waals surface area contributed by atoms with Gasteiger partial charge in [0.25, 0.3) is 0 Å². The van der Waals surface area contributed by atoms with Crippen molar-refractivity contribution >= 4 is 34.8 Å². The number of benzene rings is 2. The molecule has 2 aromatic carbocycles. The van der Waals surface area contributed by atoms with Gasteiger partial charge in [-0.1, -0.05) is 17.7 Å². The molecule has 8 nitrogen and oxygen atoms in total. The predicted octanol–water partition coefficient (Wildman–Crippen LogP) is 3.91. The zero-order valence-electron chi connectivity index (χ0n) is 19.8. The Labute approximate surface area is 209 Å². The van der Waals surface area contributed by atoms with E-state index in [4.69, 9.17) is 16.3 Å². The molecule has 0 saturated carbocycles. The maximum absolute atomic E-state index is 13.0. The largest absolute Gasteiger partial charge is 0.497 e. The Kier molecular flexibility index (Phi) is 7.82. The molecule has 0 aliphatic carbocycles. The summed E-state index contributed by atoms with van der Waals surface area (Å²) in [4.78, 5) is 38.1. The van der Waals surface area contributed by atoms with E-state index >= 15 is 0 Å². The van der Waals surface area contributed by atoms with E-state index in [1.807, 2.05) is 18.0 Å². The number of aromatic nitrogens is 2. The van der Waals surface area contributed by atoms with Gasteiger partial charge < -0.3 is 19.9 Å². The Hall–Kier alpha value is -3.65. The quantitative estimate of drug-likeness (QED) is 0.476. The number of carbonyl (C=O) groups is 2. The first kappa shape index (κ1) is 24.5. The normalized spacial score (nSPS) is 13.9. The molecule has 2 heterocycles.